The molecule has 0 aliphatic heterocycles. The Hall–Kier alpha value is -1.68. The summed E-state index contributed by atoms with van der Waals surface area (Å²) < 4.78 is 5.58. The minimum Gasteiger partial charge on any atom is -0.339 e. The summed E-state index contributed by atoms with van der Waals surface area (Å²) in [6, 6.07) is 10.8. The zero-order chi connectivity index (χ0) is 15.7. The van der Waals surface area contributed by atoms with Gasteiger partial charge in [0.15, 0.2) is 5.82 Å². The van der Waals surface area contributed by atoms with Crippen molar-refractivity contribution in [2.24, 2.45) is 5.73 Å². The standard InChI is InChI=1S/C19H25N3O/c20-19(12-4-5-13-19)18-21-17(23-22-18)16-10-8-15(9-11-16)14-6-2-1-3-7-14/h1-3,6-7,15-16H,4-5,8-13,20H2. The second kappa shape index (κ2) is 6.08. The van der Waals surface area contributed by atoms with Crippen molar-refractivity contribution in [3.05, 3.63) is 47.6 Å². The van der Waals surface area contributed by atoms with E-state index in [-0.39, 0.29) is 5.54 Å². The van der Waals surface area contributed by atoms with Crippen LogP contribution < -0.4 is 5.73 Å². The van der Waals surface area contributed by atoms with Crippen molar-refractivity contribution in [3.8, 4) is 0 Å². The van der Waals surface area contributed by atoms with E-state index in [1.165, 1.54) is 31.2 Å². The number of rotatable bonds is 3. The predicted molar refractivity (Wildman–Crippen MR) is 89.0 cm³/mol. The summed E-state index contributed by atoms with van der Waals surface area (Å²) in [6.07, 6.45) is 8.93. The van der Waals surface area contributed by atoms with Gasteiger partial charge in [0, 0.05) is 5.92 Å². The largest absolute Gasteiger partial charge is 0.339 e. The first-order valence-electron chi connectivity index (χ1n) is 8.92. The summed E-state index contributed by atoms with van der Waals surface area (Å²) in [5, 5.41) is 4.21. The molecule has 0 spiro atoms. The van der Waals surface area contributed by atoms with Crippen LogP contribution in [0.4, 0.5) is 0 Å². The molecule has 0 atom stereocenters. The van der Waals surface area contributed by atoms with E-state index in [2.05, 4.69) is 40.5 Å². The molecular formula is C19H25N3O. The third kappa shape index (κ3) is 2.92. The van der Waals surface area contributed by atoms with E-state index >= 15 is 0 Å². The lowest BCUT2D eigenvalue weighted by atomic mass is 9.78. The maximum atomic E-state index is 6.44. The molecule has 2 N–H and O–H groups in total. The maximum Gasteiger partial charge on any atom is 0.229 e. The van der Waals surface area contributed by atoms with E-state index < -0.39 is 0 Å². The molecule has 0 amide bonds. The first-order chi connectivity index (χ1) is 11.2. The smallest absolute Gasteiger partial charge is 0.229 e. The molecule has 1 heterocycles. The van der Waals surface area contributed by atoms with E-state index in [1.54, 1.807) is 0 Å². The minimum absolute atomic E-state index is 0.344. The quantitative estimate of drug-likeness (QED) is 0.920. The van der Waals surface area contributed by atoms with Gasteiger partial charge in [-0.05, 0) is 50.0 Å². The third-order valence-electron chi connectivity index (χ3n) is 5.73. The molecule has 4 heteroatoms. The predicted octanol–water partition coefficient (Wildman–Crippen LogP) is 4.24. The Morgan fingerprint density at radius 2 is 1.61 bits per heavy atom. The first kappa shape index (κ1) is 14.9. The molecule has 4 rings (SSSR count). The SMILES string of the molecule is NC1(c2noc(C3CCC(c4ccccc4)CC3)n2)CCCC1. The van der Waals surface area contributed by atoms with E-state index in [0.29, 0.717) is 11.8 Å². The summed E-state index contributed by atoms with van der Waals surface area (Å²) in [6.45, 7) is 0. The summed E-state index contributed by atoms with van der Waals surface area (Å²) in [5.41, 5.74) is 7.55. The third-order valence-corrected chi connectivity index (χ3v) is 5.73. The number of nitrogens with two attached hydrogens (primary N) is 1. The fourth-order valence-corrected chi connectivity index (χ4v) is 4.23. The zero-order valence-corrected chi connectivity index (χ0v) is 13.6. The molecule has 2 aliphatic carbocycles. The fourth-order valence-electron chi connectivity index (χ4n) is 4.23. The highest BCUT2D eigenvalue weighted by molar-refractivity contribution is 5.20. The van der Waals surface area contributed by atoms with Crippen LogP contribution in [0.5, 0.6) is 0 Å². The van der Waals surface area contributed by atoms with Gasteiger partial charge in [0.1, 0.15) is 0 Å². The zero-order valence-electron chi connectivity index (χ0n) is 13.6. The van der Waals surface area contributed by atoms with Crippen molar-refractivity contribution < 1.29 is 4.52 Å². The average molecular weight is 311 g/mol. The molecular weight excluding hydrogens is 286 g/mol. The van der Waals surface area contributed by atoms with Crippen LogP contribution in [0.3, 0.4) is 0 Å². The van der Waals surface area contributed by atoms with Crippen LogP contribution in [-0.4, -0.2) is 10.1 Å². The Bertz CT molecular complexity index is 638. The van der Waals surface area contributed by atoms with Crippen molar-refractivity contribution in [3.63, 3.8) is 0 Å². The van der Waals surface area contributed by atoms with E-state index in [0.717, 1.165) is 37.4 Å². The summed E-state index contributed by atoms with van der Waals surface area (Å²) in [4.78, 5) is 4.68. The maximum absolute atomic E-state index is 6.44. The van der Waals surface area contributed by atoms with Gasteiger partial charge in [-0.15, -0.1) is 0 Å². The van der Waals surface area contributed by atoms with Gasteiger partial charge in [-0.25, -0.2) is 0 Å². The van der Waals surface area contributed by atoms with Gasteiger partial charge >= 0.3 is 0 Å². The molecule has 0 radical (unpaired) electrons. The van der Waals surface area contributed by atoms with Crippen LogP contribution >= 0.6 is 0 Å². The lowest BCUT2D eigenvalue weighted by Crippen LogP contribution is -2.34. The normalized spacial score (nSPS) is 27.2. The Morgan fingerprint density at radius 3 is 2.30 bits per heavy atom. The number of benzene rings is 1. The summed E-state index contributed by atoms with van der Waals surface area (Å²) >= 11 is 0. The molecule has 2 aliphatic rings. The van der Waals surface area contributed by atoms with Crippen LogP contribution in [0.1, 0.15) is 80.5 Å². The first-order valence-corrected chi connectivity index (χ1v) is 8.92. The molecule has 2 fully saturated rings. The van der Waals surface area contributed by atoms with Gasteiger partial charge in [-0.2, -0.15) is 4.98 Å². The van der Waals surface area contributed by atoms with Crippen molar-refractivity contribution in [1.29, 1.82) is 0 Å². The summed E-state index contributed by atoms with van der Waals surface area (Å²) in [7, 11) is 0. The highest BCUT2D eigenvalue weighted by Gasteiger charge is 2.37. The van der Waals surface area contributed by atoms with Gasteiger partial charge < -0.3 is 10.3 Å². The van der Waals surface area contributed by atoms with Crippen LogP contribution in [0, 0.1) is 0 Å². The second-order valence-electron chi connectivity index (χ2n) is 7.28. The number of hydrogen-bond donors (Lipinski definition) is 1. The molecule has 23 heavy (non-hydrogen) atoms. The van der Waals surface area contributed by atoms with Crippen molar-refractivity contribution in [2.45, 2.75) is 68.7 Å². The molecule has 4 nitrogen and oxygen atoms in total. The highest BCUT2D eigenvalue weighted by Crippen LogP contribution is 2.41. The van der Waals surface area contributed by atoms with E-state index in [9.17, 15) is 0 Å². The van der Waals surface area contributed by atoms with Gasteiger partial charge in [-0.1, -0.05) is 48.3 Å². The molecule has 122 valence electrons. The molecule has 0 saturated heterocycles. The van der Waals surface area contributed by atoms with E-state index in [1.807, 2.05) is 0 Å². The molecule has 2 saturated carbocycles. The second-order valence-corrected chi connectivity index (χ2v) is 7.28. The molecule has 2 aromatic rings. The molecule has 0 unspecified atom stereocenters. The Kier molecular flexibility index (Phi) is 3.93. The summed E-state index contributed by atoms with van der Waals surface area (Å²) in [5.74, 6) is 2.62. The fraction of sp³-hybridized carbons (Fsp3) is 0.579. The minimum atomic E-state index is -0.344. The highest BCUT2D eigenvalue weighted by atomic mass is 16.5. The van der Waals surface area contributed by atoms with Crippen molar-refractivity contribution >= 4 is 0 Å². The topological polar surface area (TPSA) is 64.9 Å². The number of aromatic nitrogens is 2. The van der Waals surface area contributed by atoms with Crippen LogP contribution in [0.25, 0.3) is 0 Å². The van der Waals surface area contributed by atoms with Gasteiger partial charge in [-0.3, -0.25) is 0 Å². The van der Waals surface area contributed by atoms with Crippen LogP contribution in [0.2, 0.25) is 0 Å². The van der Waals surface area contributed by atoms with Gasteiger partial charge in [0.05, 0.1) is 5.54 Å². The molecule has 1 aromatic carbocycles. The van der Waals surface area contributed by atoms with Gasteiger partial charge in [0.25, 0.3) is 0 Å². The number of hydrogen-bond acceptors (Lipinski definition) is 4. The molecule has 0 bridgehead atoms. The monoisotopic (exact) mass is 311 g/mol. The van der Waals surface area contributed by atoms with Crippen LogP contribution in [0.15, 0.2) is 34.9 Å². The van der Waals surface area contributed by atoms with Crippen molar-refractivity contribution in [2.75, 3.05) is 0 Å². The van der Waals surface area contributed by atoms with Crippen LogP contribution in [-0.2, 0) is 5.54 Å². The van der Waals surface area contributed by atoms with Crippen molar-refractivity contribution in [1.82, 2.24) is 10.1 Å². The Morgan fingerprint density at radius 1 is 0.957 bits per heavy atom. The molecule has 1 aromatic heterocycles. The number of nitrogens with zero attached hydrogens (tertiary/aromatic N) is 2. The Balaban J connectivity index is 1.42. The van der Waals surface area contributed by atoms with E-state index in [4.69, 9.17) is 10.3 Å². The Labute approximate surface area is 137 Å². The average Bonchev–Trinajstić information content (AvgIpc) is 3.26. The lowest BCUT2D eigenvalue weighted by molar-refractivity contribution is 0.295. The lowest BCUT2D eigenvalue weighted by Gasteiger charge is -2.26. The van der Waals surface area contributed by atoms with Gasteiger partial charge in [0.2, 0.25) is 5.89 Å².